The van der Waals surface area contributed by atoms with E-state index in [0.29, 0.717) is 12.1 Å². The van der Waals surface area contributed by atoms with Gasteiger partial charge in [0.2, 0.25) is 0 Å². The molecule has 1 N–H and O–H groups in total. The zero-order valence-corrected chi connectivity index (χ0v) is 16.9. The number of nitrogens with one attached hydrogen (secondary N) is 1. The highest BCUT2D eigenvalue weighted by Gasteiger charge is 2.21. The number of methoxy groups -OCH3 is 2. The molecule has 2 aromatic rings. The Kier molecular flexibility index (Phi) is 5.85. The summed E-state index contributed by atoms with van der Waals surface area (Å²) in [6.07, 6.45) is 6.50. The number of amides is 1. The molecule has 0 saturated carbocycles. The van der Waals surface area contributed by atoms with Crippen molar-refractivity contribution in [2.45, 2.75) is 31.9 Å². The summed E-state index contributed by atoms with van der Waals surface area (Å²) < 4.78 is 16.4. The van der Waals surface area contributed by atoms with Crippen molar-refractivity contribution < 1.29 is 19.0 Å². The van der Waals surface area contributed by atoms with E-state index in [-0.39, 0.29) is 12.0 Å². The maximum atomic E-state index is 12.5. The van der Waals surface area contributed by atoms with E-state index in [4.69, 9.17) is 14.2 Å². The van der Waals surface area contributed by atoms with Gasteiger partial charge in [0.15, 0.2) is 11.5 Å². The van der Waals surface area contributed by atoms with Gasteiger partial charge in [-0.3, -0.25) is 9.78 Å². The number of fused-ring (bicyclic) bond motifs is 1. The van der Waals surface area contributed by atoms with Crippen LogP contribution in [-0.4, -0.2) is 50.9 Å². The number of hydrogen-bond donors (Lipinski definition) is 1. The molecule has 0 bridgehead atoms. The predicted octanol–water partition coefficient (Wildman–Crippen LogP) is 2.57. The molecular weight excluding hydrogens is 370 g/mol. The Morgan fingerprint density at radius 3 is 2.72 bits per heavy atom. The van der Waals surface area contributed by atoms with Crippen molar-refractivity contribution in [1.82, 2.24) is 10.3 Å². The van der Waals surface area contributed by atoms with Crippen molar-refractivity contribution in [2.75, 3.05) is 38.8 Å². The Morgan fingerprint density at radius 2 is 2.00 bits per heavy atom. The fraction of sp³-hybridized carbons (Fsp3) is 0.455. The third-order valence-corrected chi connectivity index (χ3v) is 5.58. The van der Waals surface area contributed by atoms with E-state index < -0.39 is 0 Å². The van der Waals surface area contributed by atoms with Gasteiger partial charge in [-0.2, -0.15) is 0 Å². The van der Waals surface area contributed by atoms with Gasteiger partial charge in [0.05, 0.1) is 37.8 Å². The van der Waals surface area contributed by atoms with Gasteiger partial charge in [-0.15, -0.1) is 0 Å². The van der Waals surface area contributed by atoms with E-state index in [1.54, 1.807) is 20.4 Å². The number of benzene rings is 1. The van der Waals surface area contributed by atoms with Crippen LogP contribution in [0.2, 0.25) is 0 Å². The molecule has 0 spiro atoms. The van der Waals surface area contributed by atoms with Crippen LogP contribution in [-0.2, 0) is 17.7 Å². The van der Waals surface area contributed by atoms with Crippen molar-refractivity contribution in [3.05, 3.63) is 47.3 Å². The van der Waals surface area contributed by atoms with Crippen molar-refractivity contribution in [3.63, 3.8) is 0 Å². The molecular formula is C22H27N3O4. The van der Waals surface area contributed by atoms with Gasteiger partial charge in [0.1, 0.15) is 0 Å². The SMILES string of the molecule is COc1cc2c(cc1OC)CN(c1cncc(C(=O)NCC3CCCO3)c1)CC2. The second-order valence-corrected chi connectivity index (χ2v) is 7.42. The topological polar surface area (TPSA) is 72.9 Å². The lowest BCUT2D eigenvalue weighted by Gasteiger charge is -2.31. The molecule has 7 nitrogen and oxygen atoms in total. The summed E-state index contributed by atoms with van der Waals surface area (Å²) >= 11 is 0. The Labute approximate surface area is 171 Å². The van der Waals surface area contributed by atoms with Crippen LogP contribution in [0.3, 0.4) is 0 Å². The largest absolute Gasteiger partial charge is 0.493 e. The van der Waals surface area contributed by atoms with Gasteiger partial charge >= 0.3 is 0 Å². The number of rotatable bonds is 6. The first-order chi connectivity index (χ1) is 14.2. The van der Waals surface area contributed by atoms with Crippen LogP contribution in [0.4, 0.5) is 5.69 Å². The highest BCUT2D eigenvalue weighted by molar-refractivity contribution is 5.94. The standard InChI is InChI=1S/C22H27N3O4/c1-27-20-9-15-5-6-25(14-17(15)10-21(20)28-2)18-8-16(11-23-12-18)22(26)24-13-19-4-3-7-29-19/h8-12,19H,3-7,13-14H2,1-2H3,(H,24,26). The summed E-state index contributed by atoms with van der Waals surface area (Å²) in [4.78, 5) is 19.1. The minimum Gasteiger partial charge on any atom is -0.493 e. The fourth-order valence-electron chi connectivity index (χ4n) is 3.94. The molecule has 1 saturated heterocycles. The van der Waals surface area contributed by atoms with Gasteiger partial charge in [-0.25, -0.2) is 0 Å². The third-order valence-electron chi connectivity index (χ3n) is 5.58. The summed E-state index contributed by atoms with van der Waals surface area (Å²) in [5, 5.41) is 2.96. The quantitative estimate of drug-likeness (QED) is 0.808. The molecule has 2 aliphatic heterocycles. The summed E-state index contributed by atoms with van der Waals surface area (Å²) in [5.41, 5.74) is 3.97. The Balaban J connectivity index is 1.46. The first-order valence-corrected chi connectivity index (χ1v) is 10.0. The number of nitrogens with zero attached hydrogens (tertiary/aromatic N) is 2. The molecule has 1 aromatic heterocycles. The second kappa shape index (κ2) is 8.69. The van der Waals surface area contributed by atoms with Gasteiger partial charge in [-0.05, 0) is 48.6 Å². The van der Waals surface area contributed by atoms with Crippen molar-refractivity contribution in [2.24, 2.45) is 0 Å². The Morgan fingerprint density at radius 1 is 1.21 bits per heavy atom. The molecule has 154 valence electrons. The van der Waals surface area contributed by atoms with Crippen LogP contribution < -0.4 is 19.7 Å². The lowest BCUT2D eigenvalue weighted by molar-refractivity contribution is 0.0857. The summed E-state index contributed by atoms with van der Waals surface area (Å²) in [5.74, 6) is 1.37. The first-order valence-electron chi connectivity index (χ1n) is 10.0. The maximum absolute atomic E-state index is 12.5. The molecule has 29 heavy (non-hydrogen) atoms. The normalized spacial score (nSPS) is 18.3. The van der Waals surface area contributed by atoms with E-state index in [9.17, 15) is 4.79 Å². The van der Waals surface area contributed by atoms with Crippen LogP contribution in [0.5, 0.6) is 11.5 Å². The molecule has 0 aliphatic carbocycles. The fourth-order valence-corrected chi connectivity index (χ4v) is 3.94. The average Bonchev–Trinajstić information content (AvgIpc) is 3.29. The van der Waals surface area contributed by atoms with Crippen molar-refractivity contribution in [3.8, 4) is 11.5 Å². The number of anilines is 1. The molecule has 2 aliphatic rings. The minimum atomic E-state index is -0.112. The lowest BCUT2D eigenvalue weighted by Crippen LogP contribution is -2.33. The molecule has 7 heteroatoms. The van der Waals surface area contributed by atoms with Gasteiger partial charge < -0.3 is 24.4 Å². The summed E-state index contributed by atoms with van der Waals surface area (Å²) in [6.45, 7) is 2.91. The molecule has 0 radical (unpaired) electrons. The highest BCUT2D eigenvalue weighted by Crippen LogP contribution is 2.34. The number of pyridine rings is 1. The van der Waals surface area contributed by atoms with Gasteiger partial charge in [0.25, 0.3) is 5.91 Å². The van der Waals surface area contributed by atoms with E-state index in [2.05, 4.69) is 21.3 Å². The third kappa shape index (κ3) is 4.29. The number of carbonyl (C=O) groups is 1. The summed E-state index contributed by atoms with van der Waals surface area (Å²) in [6, 6.07) is 5.99. The van der Waals surface area contributed by atoms with Gasteiger partial charge in [0, 0.05) is 32.4 Å². The molecule has 1 fully saturated rings. The molecule has 4 rings (SSSR count). The van der Waals surface area contributed by atoms with Crippen LogP contribution >= 0.6 is 0 Å². The highest BCUT2D eigenvalue weighted by atomic mass is 16.5. The lowest BCUT2D eigenvalue weighted by atomic mass is 9.98. The molecule has 1 atom stereocenters. The summed E-state index contributed by atoms with van der Waals surface area (Å²) in [7, 11) is 3.30. The zero-order valence-electron chi connectivity index (χ0n) is 16.9. The van der Waals surface area contributed by atoms with E-state index in [1.165, 1.54) is 11.1 Å². The molecule has 1 amide bonds. The van der Waals surface area contributed by atoms with E-state index in [0.717, 1.165) is 56.1 Å². The van der Waals surface area contributed by atoms with Crippen molar-refractivity contribution >= 4 is 11.6 Å². The molecule has 1 aromatic carbocycles. The van der Waals surface area contributed by atoms with E-state index in [1.807, 2.05) is 18.3 Å². The Hall–Kier alpha value is -2.80. The van der Waals surface area contributed by atoms with Crippen LogP contribution in [0, 0.1) is 0 Å². The second-order valence-electron chi connectivity index (χ2n) is 7.42. The van der Waals surface area contributed by atoms with Crippen LogP contribution in [0.15, 0.2) is 30.6 Å². The van der Waals surface area contributed by atoms with Crippen molar-refractivity contribution in [1.29, 1.82) is 0 Å². The monoisotopic (exact) mass is 397 g/mol. The average molecular weight is 397 g/mol. The van der Waals surface area contributed by atoms with Crippen LogP contribution in [0.25, 0.3) is 0 Å². The smallest absolute Gasteiger partial charge is 0.253 e. The predicted molar refractivity (Wildman–Crippen MR) is 110 cm³/mol. The van der Waals surface area contributed by atoms with E-state index >= 15 is 0 Å². The maximum Gasteiger partial charge on any atom is 0.253 e. The number of ether oxygens (including phenoxy) is 3. The molecule has 1 unspecified atom stereocenters. The number of carbonyl (C=O) groups excluding carboxylic acids is 1. The first kappa shape index (κ1) is 19.5. The zero-order chi connectivity index (χ0) is 20.2. The molecule has 3 heterocycles. The number of aromatic nitrogens is 1. The van der Waals surface area contributed by atoms with Gasteiger partial charge in [-0.1, -0.05) is 0 Å². The Bertz CT molecular complexity index is 880. The van der Waals surface area contributed by atoms with Crippen LogP contribution in [0.1, 0.15) is 34.3 Å². The number of hydrogen-bond acceptors (Lipinski definition) is 6. The minimum absolute atomic E-state index is 0.112.